The molecule has 5 fully saturated rings. The summed E-state index contributed by atoms with van der Waals surface area (Å²) in [7, 11) is 0. The number of hydrogen-bond acceptors (Lipinski definition) is 5. The Bertz CT molecular complexity index is 993. The highest BCUT2D eigenvalue weighted by Gasteiger charge is 2.48. The fourth-order valence-corrected chi connectivity index (χ4v) is 7.23. The van der Waals surface area contributed by atoms with Crippen molar-refractivity contribution in [2.45, 2.75) is 84.7 Å². The van der Waals surface area contributed by atoms with Crippen LogP contribution in [0, 0.1) is 35.0 Å². The van der Waals surface area contributed by atoms with Gasteiger partial charge in [0, 0.05) is 31.4 Å². The molecule has 0 atom stereocenters. The van der Waals surface area contributed by atoms with E-state index in [9.17, 15) is 9.59 Å². The van der Waals surface area contributed by atoms with E-state index in [0.717, 1.165) is 24.7 Å². The summed E-state index contributed by atoms with van der Waals surface area (Å²) in [6.45, 7) is 9.85. The molecule has 1 saturated heterocycles. The van der Waals surface area contributed by atoms with Gasteiger partial charge >= 0.3 is 0 Å². The van der Waals surface area contributed by atoms with E-state index in [4.69, 9.17) is 10.5 Å². The minimum Gasteiger partial charge on any atom is -0.477 e. The van der Waals surface area contributed by atoms with Crippen LogP contribution in [0.25, 0.3) is 6.20 Å². The van der Waals surface area contributed by atoms with Gasteiger partial charge in [-0.25, -0.2) is 4.68 Å². The molecule has 2 heterocycles. The third-order valence-corrected chi connectivity index (χ3v) is 9.08. The van der Waals surface area contributed by atoms with E-state index in [0.29, 0.717) is 48.9 Å². The second kappa shape index (κ2) is 10.4. The van der Waals surface area contributed by atoms with Gasteiger partial charge in [-0.3, -0.25) is 9.59 Å². The lowest BCUT2D eigenvalue weighted by atomic mass is 9.54. The molecule has 0 aromatic carbocycles. The van der Waals surface area contributed by atoms with Crippen LogP contribution in [0.4, 0.5) is 0 Å². The summed E-state index contributed by atoms with van der Waals surface area (Å²) in [5, 5.41) is 7.88. The number of piperidine rings is 1. The summed E-state index contributed by atoms with van der Waals surface area (Å²) in [6.07, 6.45) is 13.3. The molecule has 0 unspecified atom stereocenters. The Morgan fingerprint density at radius 3 is 2.35 bits per heavy atom. The molecule has 204 valence electrons. The standard InChI is InChI=1S/C29H45N5O3/c1-18(2)17-37-27-24(26(35)32-25-21-12-19-11-20(14-21)15-22(25)13-19)16-31-34(27)10-7-29(3,4)28(36)33-8-5-23(30)6-9-33/h7,10,16,18-23,25H,5-6,8-9,11-15,17,30H2,1-4H3,(H,32,35). The van der Waals surface area contributed by atoms with Gasteiger partial charge in [-0.2, -0.15) is 5.10 Å². The zero-order valence-corrected chi connectivity index (χ0v) is 23.0. The van der Waals surface area contributed by atoms with Crippen LogP contribution in [0.2, 0.25) is 0 Å². The number of nitrogens with one attached hydrogen (secondary N) is 1. The molecule has 3 N–H and O–H groups in total. The van der Waals surface area contributed by atoms with Crippen molar-refractivity contribution in [2.24, 2.45) is 40.7 Å². The smallest absolute Gasteiger partial charge is 0.258 e. The zero-order chi connectivity index (χ0) is 26.3. The van der Waals surface area contributed by atoms with Gasteiger partial charge < -0.3 is 20.7 Å². The molecule has 8 heteroatoms. The zero-order valence-electron chi connectivity index (χ0n) is 23.0. The van der Waals surface area contributed by atoms with Crippen molar-refractivity contribution in [1.29, 1.82) is 0 Å². The summed E-state index contributed by atoms with van der Waals surface area (Å²) >= 11 is 0. The summed E-state index contributed by atoms with van der Waals surface area (Å²) in [5.41, 5.74) is 5.77. The lowest BCUT2D eigenvalue weighted by Crippen LogP contribution is -2.55. The quantitative estimate of drug-likeness (QED) is 0.551. The van der Waals surface area contributed by atoms with E-state index in [1.807, 2.05) is 24.8 Å². The second-order valence-corrected chi connectivity index (χ2v) is 13.1. The predicted octanol–water partition coefficient (Wildman–Crippen LogP) is 3.92. The Labute approximate surface area is 221 Å². The lowest BCUT2D eigenvalue weighted by Gasteiger charge is -2.54. The maximum Gasteiger partial charge on any atom is 0.258 e. The molecule has 4 aliphatic carbocycles. The predicted molar refractivity (Wildman–Crippen MR) is 144 cm³/mol. The van der Waals surface area contributed by atoms with Crippen LogP contribution in [0.1, 0.15) is 83.0 Å². The summed E-state index contributed by atoms with van der Waals surface area (Å²) in [4.78, 5) is 28.6. The van der Waals surface area contributed by atoms with Gasteiger partial charge in [0.05, 0.1) is 18.2 Å². The van der Waals surface area contributed by atoms with Gasteiger partial charge in [0.25, 0.3) is 5.91 Å². The van der Waals surface area contributed by atoms with E-state index < -0.39 is 5.41 Å². The Kier molecular flexibility index (Phi) is 7.40. The summed E-state index contributed by atoms with van der Waals surface area (Å²) < 4.78 is 7.74. The average Bonchev–Trinajstić information content (AvgIpc) is 3.26. The van der Waals surface area contributed by atoms with E-state index >= 15 is 0 Å². The summed E-state index contributed by atoms with van der Waals surface area (Å²) in [5.74, 6) is 3.65. The molecule has 0 spiro atoms. The molecule has 37 heavy (non-hydrogen) atoms. The molecular weight excluding hydrogens is 466 g/mol. The first-order chi connectivity index (χ1) is 17.6. The van der Waals surface area contributed by atoms with Crippen molar-refractivity contribution < 1.29 is 14.3 Å². The molecule has 1 aromatic rings. The van der Waals surface area contributed by atoms with Gasteiger partial charge in [-0.1, -0.05) is 19.9 Å². The fraction of sp³-hybridized carbons (Fsp3) is 0.759. The number of hydrogen-bond donors (Lipinski definition) is 2. The molecule has 4 bridgehead atoms. The molecule has 4 saturated carbocycles. The van der Waals surface area contributed by atoms with E-state index in [-0.39, 0.29) is 23.9 Å². The Morgan fingerprint density at radius 1 is 1.14 bits per heavy atom. The van der Waals surface area contributed by atoms with E-state index in [1.165, 1.54) is 32.1 Å². The van der Waals surface area contributed by atoms with Crippen LogP contribution in [-0.2, 0) is 4.79 Å². The second-order valence-electron chi connectivity index (χ2n) is 13.1. The fourth-order valence-electron chi connectivity index (χ4n) is 7.23. The van der Waals surface area contributed by atoms with Crippen molar-refractivity contribution in [3.8, 4) is 5.88 Å². The number of amides is 2. The first-order valence-corrected chi connectivity index (χ1v) is 14.4. The molecule has 6 rings (SSSR count). The maximum absolute atomic E-state index is 13.5. The van der Waals surface area contributed by atoms with Crippen molar-refractivity contribution in [3.05, 3.63) is 17.8 Å². The molecule has 5 aliphatic rings. The number of ether oxygens (including phenoxy) is 1. The molecule has 0 radical (unpaired) electrons. The first kappa shape index (κ1) is 26.3. The van der Waals surface area contributed by atoms with Gasteiger partial charge in [-0.15, -0.1) is 0 Å². The number of carbonyl (C=O) groups is 2. The van der Waals surface area contributed by atoms with Crippen LogP contribution in [-0.4, -0.2) is 58.3 Å². The van der Waals surface area contributed by atoms with E-state index in [2.05, 4.69) is 24.3 Å². The minimum absolute atomic E-state index is 0.0762. The van der Waals surface area contributed by atoms with Crippen LogP contribution >= 0.6 is 0 Å². The van der Waals surface area contributed by atoms with Gasteiger partial charge in [0.2, 0.25) is 11.8 Å². The molecule has 2 amide bonds. The number of carbonyl (C=O) groups excluding carboxylic acids is 2. The first-order valence-electron chi connectivity index (χ1n) is 14.4. The third kappa shape index (κ3) is 5.59. The third-order valence-electron chi connectivity index (χ3n) is 9.08. The monoisotopic (exact) mass is 511 g/mol. The van der Waals surface area contributed by atoms with E-state index in [1.54, 1.807) is 17.1 Å². The van der Waals surface area contributed by atoms with Gasteiger partial charge in [-0.05, 0) is 88.4 Å². The van der Waals surface area contributed by atoms with Crippen LogP contribution < -0.4 is 15.8 Å². The molecule has 1 aromatic heterocycles. The number of nitrogens with two attached hydrogens (primary N) is 1. The highest BCUT2D eigenvalue weighted by atomic mass is 16.5. The minimum atomic E-state index is -0.717. The van der Waals surface area contributed by atoms with Crippen molar-refractivity contribution in [1.82, 2.24) is 20.0 Å². The Balaban J connectivity index is 1.31. The number of nitrogens with zero attached hydrogens (tertiary/aromatic N) is 3. The van der Waals surface area contributed by atoms with Crippen LogP contribution in [0.5, 0.6) is 5.88 Å². The number of likely N-dealkylation sites (tertiary alicyclic amines) is 1. The normalized spacial score (nSPS) is 29.9. The SMILES string of the molecule is CC(C)COc1c(C(=O)NC2C3CC4CC(C3)CC2C4)cnn1C=CC(C)(C)C(=O)N1CCC(N)CC1. The molecule has 1 aliphatic heterocycles. The Hall–Kier alpha value is -2.35. The maximum atomic E-state index is 13.5. The molecular formula is C29H45N5O3. The van der Waals surface area contributed by atoms with Crippen LogP contribution in [0.15, 0.2) is 12.3 Å². The topological polar surface area (TPSA) is 102 Å². The Morgan fingerprint density at radius 2 is 1.76 bits per heavy atom. The van der Waals surface area contributed by atoms with Gasteiger partial charge in [0.15, 0.2) is 0 Å². The number of aromatic nitrogens is 2. The highest BCUT2D eigenvalue weighted by molar-refractivity contribution is 5.96. The summed E-state index contributed by atoms with van der Waals surface area (Å²) in [6, 6.07) is 0.433. The van der Waals surface area contributed by atoms with Crippen molar-refractivity contribution in [2.75, 3.05) is 19.7 Å². The van der Waals surface area contributed by atoms with Crippen molar-refractivity contribution >= 4 is 18.0 Å². The van der Waals surface area contributed by atoms with Crippen molar-refractivity contribution in [3.63, 3.8) is 0 Å². The van der Waals surface area contributed by atoms with Crippen LogP contribution in [0.3, 0.4) is 0 Å². The average molecular weight is 512 g/mol. The molecule has 8 nitrogen and oxygen atoms in total. The van der Waals surface area contributed by atoms with Gasteiger partial charge in [0.1, 0.15) is 5.56 Å². The lowest BCUT2D eigenvalue weighted by molar-refractivity contribution is -0.138. The largest absolute Gasteiger partial charge is 0.477 e. The number of rotatable bonds is 8. The highest BCUT2D eigenvalue weighted by Crippen LogP contribution is 2.53.